The molecule has 0 bridgehead atoms. The van der Waals surface area contributed by atoms with Gasteiger partial charge in [-0.25, -0.2) is 0 Å². The fraction of sp³-hybridized carbons (Fsp3) is 0.350. The number of hydrogen-bond acceptors (Lipinski definition) is 2. The Hall–Kier alpha value is -2.29. The Morgan fingerprint density at radius 3 is 2.57 bits per heavy atom. The van der Waals surface area contributed by atoms with Crippen LogP contribution < -0.4 is 10.1 Å². The fourth-order valence-corrected chi connectivity index (χ4v) is 3.03. The second kappa shape index (κ2) is 6.86. The van der Waals surface area contributed by atoms with Gasteiger partial charge in [-0.1, -0.05) is 36.4 Å². The topological polar surface area (TPSA) is 38.3 Å². The van der Waals surface area contributed by atoms with Crippen molar-refractivity contribution in [3.63, 3.8) is 0 Å². The molecular weight excluding hydrogens is 286 g/mol. The Labute approximate surface area is 137 Å². The summed E-state index contributed by atoms with van der Waals surface area (Å²) >= 11 is 0. The maximum absolute atomic E-state index is 12.3. The van der Waals surface area contributed by atoms with Crippen molar-refractivity contribution in [2.45, 2.75) is 45.3 Å². The van der Waals surface area contributed by atoms with Gasteiger partial charge in [0.15, 0.2) is 6.10 Å². The SMILES string of the molecule is C[C@H](Oc1ccccc1)C(=O)N[C@@H](C)c1ccc2c(c1)CCC2. The summed E-state index contributed by atoms with van der Waals surface area (Å²) in [6.07, 6.45) is 3.05. The zero-order valence-corrected chi connectivity index (χ0v) is 13.7. The van der Waals surface area contributed by atoms with Crippen molar-refractivity contribution in [2.75, 3.05) is 0 Å². The Balaban J connectivity index is 1.60. The lowest BCUT2D eigenvalue weighted by Crippen LogP contribution is -2.37. The molecule has 1 aliphatic carbocycles. The number of carbonyl (C=O) groups is 1. The van der Waals surface area contributed by atoms with Gasteiger partial charge in [-0.05, 0) is 61.9 Å². The normalized spacial score (nSPS) is 15.6. The van der Waals surface area contributed by atoms with Gasteiger partial charge in [0.05, 0.1) is 6.04 Å². The van der Waals surface area contributed by atoms with Crippen molar-refractivity contribution in [3.05, 3.63) is 65.2 Å². The molecule has 120 valence electrons. The van der Waals surface area contributed by atoms with Crippen LogP contribution in [0, 0.1) is 0 Å². The molecule has 0 spiro atoms. The quantitative estimate of drug-likeness (QED) is 0.912. The molecule has 0 radical (unpaired) electrons. The molecule has 0 saturated carbocycles. The first-order valence-electron chi connectivity index (χ1n) is 8.27. The zero-order valence-electron chi connectivity index (χ0n) is 13.7. The standard InChI is InChI=1S/C20H23NO2/c1-14(17-12-11-16-7-6-8-18(16)13-17)21-20(22)15(2)23-19-9-4-3-5-10-19/h3-5,9-15H,6-8H2,1-2H3,(H,21,22)/t14-,15-/m0/s1. The number of hydrogen-bond donors (Lipinski definition) is 1. The van der Waals surface area contributed by atoms with Crippen molar-refractivity contribution >= 4 is 5.91 Å². The van der Waals surface area contributed by atoms with Gasteiger partial charge in [-0.15, -0.1) is 0 Å². The van der Waals surface area contributed by atoms with Gasteiger partial charge >= 0.3 is 0 Å². The number of aryl methyl sites for hydroxylation is 2. The molecule has 0 saturated heterocycles. The van der Waals surface area contributed by atoms with Crippen LogP contribution >= 0.6 is 0 Å². The fourth-order valence-electron chi connectivity index (χ4n) is 3.03. The van der Waals surface area contributed by atoms with Gasteiger partial charge in [0.2, 0.25) is 0 Å². The molecule has 0 aromatic heterocycles. The van der Waals surface area contributed by atoms with E-state index >= 15 is 0 Å². The average molecular weight is 309 g/mol. The van der Waals surface area contributed by atoms with E-state index in [4.69, 9.17) is 4.74 Å². The molecule has 2 atom stereocenters. The maximum atomic E-state index is 12.3. The second-order valence-electron chi connectivity index (χ2n) is 6.19. The molecule has 1 aliphatic rings. The number of fused-ring (bicyclic) bond motifs is 1. The lowest BCUT2D eigenvalue weighted by atomic mass is 10.0. The lowest BCUT2D eigenvalue weighted by Gasteiger charge is -2.19. The predicted molar refractivity (Wildman–Crippen MR) is 91.6 cm³/mol. The third kappa shape index (κ3) is 3.73. The van der Waals surface area contributed by atoms with Crippen LogP contribution in [-0.2, 0) is 17.6 Å². The minimum atomic E-state index is -0.519. The highest BCUT2D eigenvalue weighted by Crippen LogP contribution is 2.25. The smallest absolute Gasteiger partial charge is 0.261 e. The van der Waals surface area contributed by atoms with Crippen LogP contribution in [0.15, 0.2) is 48.5 Å². The number of ether oxygens (including phenoxy) is 1. The molecule has 2 aromatic rings. The van der Waals surface area contributed by atoms with E-state index in [2.05, 4.69) is 23.5 Å². The summed E-state index contributed by atoms with van der Waals surface area (Å²) in [6, 6.07) is 16.0. The summed E-state index contributed by atoms with van der Waals surface area (Å²) in [5.74, 6) is 0.613. The van der Waals surface area contributed by atoms with E-state index in [0.29, 0.717) is 5.75 Å². The van der Waals surface area contributed by atoms with Crippen LogP contribution in [-0.4, -0.2) is 12.0 Å². The number of nitrogens with one attached hydrogen (secondary N) is 1. The van der Waals surface area contributed by atoms with E-state index in [1.807, 2.05) is 37.3 Å². The Morgan fingerprint density at radius 1 is 1.04 bits per heavy atom. The molecule has 0 heterocycles. The van der Waals surface area contributed by atoms with Gasteiger partial charge < -0.3 is 10.1 Å². The van der Waals surface area contributed by atoms with Crippen LogP contribution in [0.5, 0.6) is 5.75 Å². The summed E-state index contributed by atoms with van der Waals surface area (Å²) in [4.78, 5) is 12.3. The lowest BCUT2D eigenvalue weighted by molar-refractivity contribution is -0.127. The summed E-state index contributed by atoms with van der Waals surface area (Å²) in [5, 5.41) is 3.04. The molecule has 3 nitrogen and oxygen atoms in total. The number of rotatable bonds is 5. The van der Waals surface area contributed by atoms with E-state index in [1.165, 1.54) is 24.0 Å². The first-order valence-corrected chi connectivity index (χ1v) is 8.27. The summed E-state index contributed by atoms with van der Waals surface area (Å²) in [6.45, 7) is 3.79. The van der Waals surface area contributed by atoms with E-state index in [-0.39, 0.29) is 11.9 Å². The third-order valence-electron chi connectivity index (χ3n) is 4.41. The molecule has 0 unspecified atom stereocenters. The van der Waals surface area contributed by atoms with Gasteiger partial charge in [0.25, 0.3) is 5.91 Å². The molecule has 1 N–H and O–H groups in total. The first-order chi connectivity index (χ1) is 11.1. The monoisotopic (exact) mass is 309 g/mol. The molecular formula is C20H23NO2. The van der Waals surface area contributed by atoms with Gasteiger partial charge in [-0.3, -0.25) is 4.79 Å². The summed E-state index contributed by atoms with van der Waals surface area (Å²) in [7, 11) is 0. The minimum Gasteiger partial charge on any atom is -0.481 e. The van der Waals surface area contributed by atoms with Crippen molar-refractivity contribution < 1.29 is 9.53 Å². The molecule has 0 aliphatic heterocycles. The Kier molecular flexibility index (Phi) is 4.65. The van der Waals surface area contributed by atoms with Crippen molar-refractivity contribution in [3.8, 4) is 5.75 Å². The largest absolute Gasteiger partial charge is 0.481 e. The molecule has 1 amide bonds. The number of amides is 1. The third-order valence-corrected chi connectivity index (χ3v) is 4.41. The molecule has 3 rings (SSSR count). The highest BCUT2D eigenvalue weighted by molar-refractivity contribution is 5.81. The van der Waals surface area contributed by atoms with E-state index in [9.17, 15) is 4.79 Å². The highest BCUT2D eigenvalue weighted by atomic mass is 16.5. The van der Waals surface area contributed by atoms with Gasteiger partial charge in [0, 0.05) is 0 Å². The van der Waals surface area contributed by atoms with Crippen LogP contribution in [0.4, 0.5) is 0 Å². The molecule has 3 heteroatoms. The van der Waals surface area contributed by atoms with E-state index in [0.717, 1.165) is 12.0 Å². The zero-order chi connectivity index (χ0) is 16.2. The van der Waals surface area contributed by atoms with Crippen molar-refractivity contribution in [2.24, 2.45) is 0 Å². The predicted octanol–water partition coefficient (Wildman–Crippen LogP) is 3.82. The first kappa shape index (κ1) is 15.6. The average Bonchev–Trinajstić information content (AvgIpc) is 3.03. The second-order valence-corrected chi connectivity index (χ2v) is 6.19. The summed E-state index contributed by atoms with van der Waals surface area (Å²) < 4.78 is 5.67. The van der Waals surface area contributed by atoms with Gasteiger partial charge in [-0.2, -0.15) is 0 Å². The van der Waals surface area contributed by atoms with E-state index in [1.54, 1.807) is 6.92 Å². The number of benzene rings is 2. The highest BCUT2D eigenvalue weighted by Gasteiger charge is 2.19. The molecule has 2 aromatic carbocycles. The molecule has 23 heavy (non-hydrogen) atoms. The van der Waals surface area contributed by atoms with Crippen LogP contribution in [0.1, 0.15) is 43.0 Å². The molecule has 0 fully saturated rings. The van der Waals surface area contributed by atoms with Crippen LogP contribution in [0.25, 0.3) is 0 Å². The Bertz CT molecular complexity index is 681. The summed E-state index contributed by atoms with van der Waals surface area (Å²) in [5.41, 5.74) is 4.04. The van der Waals surface area contributed by atoms with Crippen molar-refractivity contribution in [1.82, 2.24) is 5.32 Å². The van der Waals surface area contributed by atoms with Gasteiger partial charge in [0.1, 0.15) is 5.75 Å². The van der Waals surface area contributed by atoms with E-state index < -0.39 is 6.10 Å². The van der Waals surface area contributed by atoms with Crippen molar-refractivity contribution in [1.29, 1.82) is 0 Å². The minimum absolute atomic E-state index is 0.0183. The Morgan fingerprint density at radius 2 is 1.78 bits per heavy atom. The van der Waals surface area contributed by atoms with Crippen LogP contribution in [0.3, 0.4) is 0 Å². The number of carbonyl (C=O) groups excluding carboxylic acids is 1. The number of para-hydroxylation sites is 1. The maximum Gasteiger partial charge on any atom is 0.261 e. The van der Waals surface area contributed by atoms with Crippen LogP contribution in [0.2, 0.25) is 0 Å².